The maximum absolute atomic E-state index is 2.63. The van der Waals surface area contributed by atoms with Crippen LogP contribution in [0.2, 0.25) is 0 Å². The van der Waals surface area contributed by atoms with Gasteiger partial charge in [0.25, 0.3) is 0 Å². The summed E-state index contributed by atoms with van der Waals surface area (Å²) in [5.41, 5.74) is 12.5. The summed E-state index contributed by atoms with van der Waals surface area (Å²) in [4.78, 5) is 2.54. The van der Waals surface area contributed by atoms with Gasteiger partial charge < -0.3 is 4.90 Å². The first-order valence-corrected chi connectivity index (χ1v) is 20.1. The zero-order chi connectivity index (χ0) is 34.0. The van der Waals surface area contributed by atoms with E-state index in [0.29, 0.717) is 0 Å². The molecule has 4 saturated carbocycles. The van der Waals surface area contributed by atoms with Crippen molar-refractivity contribution in [3.63, 3.8) is 0 Å². The Morgan fingerprint density at radius 3 is 1.96 bits per heavy atom. The van der Waals surface area contributed by atoms with Crippen molar-refractivity contribution in [3.05, 3.63) is 163 Å². The predicted molar refractivity (Wildman–Crippen MR) is 220 cm³/mol. The molecule has 1 aromatic heterocycles. The molecule has 0 unspecified atom stereocenters. The number of anilines is 3. The molecule has 5 aliphatic carbocycles. The summed E-state index contributed by atoms with van der Waals surface area (Å²) in [6.07, 6.45) is 7.05. The van der Waals surface area contributed by atoms with Crippen molar-refractivity contribution in [3.8, 4) is 22.3 Å². The first kappa shape index (κ1) is 29.4. The predicted octanol–water partition coefficient (Wildman–Crippen LogP) is 14.1. The highest BCUT2D eigenvalue weighted by molar-refractivity contribution is 7.26. The topological polar surface area (TPSA) is 3.24 Å². The molecule has 5 aliphatic rings. The second-order valence-electron chi connectivity index (χ2n) is 16.1. The van der Waals surface area contributed by atoms with Gasteiger partial charge in [0.05, 0.1) is 5.69 Å². The average molecular weight is 686 g/mol. The molecule has 8 aromatic rings. The second kappa shape index (κ2) is 10.9. The third kappa shape index (κ3) is 3.99. The Labute approximate surface area is 309 Å². The highest BCUT2D eigenvalue weighted by Crippen LogP contribution is 2.69. The molecule has 7 aromatic carbocycles. The number of nitrogens with zero attached hydrogens (tertiary/aromatic N) is 1. The van der Waals surface area contributed by atoms with Crippen LogP contribution in [0.15, 0.2) is 152 Å². The summed E-state index contributed by atoms with van der Waals surface area (Å²) in [5.74, 6) is 3.33. The molecule has 1 spiro atoms. The quantitative estimate of drug-likeness (QED) is 0.178. The molecule has 4 bridgehead atoms. The maximum Gasteiger partial charge on any atom is 0.0540 e. The van der Waals surface area contributed by atoms with Gasteiger partial charge in [-0.2, -0.15) is 0 Å². The number of hydrogen-bond donors (Lipinski definition) is 0. The summed E-state index contributed by atoms with van der Waals surface area (Å²) >= 11 is 1.90. The minimum absolute atomic E-state index is 0.132. The SMILES string of the molecule is c1ccc2c(c1)-c1ccc(N(c3ccc(-c4cccc5c4sc4ccccc45)cc3)c3cccc4ccccc34)cc1C21C2CC3CC(C2)CC1C3. The lowest BCUT2D eigenvalue weighted by Gasteiger charge is -2.61. The van der Waals surface area contributed by atoms with Crippen LogP contribution in [0.3, 0.4) is 0 Å². The summed E-state index contributed by atoms with van der Waals surface area (Å²) in [5, 5.41) is 5.23. The monoisotopic (exact) mass is 685 g/mol. The first-order chi connectivity index (χ1) is 25.7. The van der Waals surface area contributed by atoms with Gasteiger partial charge in [-0.1, -0.05) is 115 Å². The van der Waals surface area contributed by atoms with Crippen molar-refractivity contribution in [2.24, 2.45) is 23.7 Å². The Bertz CT molecular complexity index is 2680. The summed E-state index contributed by atoms with van der Waals surface area (Å²) in [7, 11) is 0. The van der Waals surface area contributed by atoms with Crippen LogP contribution in [0, 0.1) is 23.7 Å². The van der Waals surface area contributed by atoms with Gasteiger partial charge in [-0.05, 0) is 131 Å². The fourth-order valence-electron chi connectivity index (χ4n) is 11.9. The molecule has 0 amide bonds. The van der Waals surface area contributed by atoms with E-state index in [0.717, 1.165) is 23.7 Å². The fraction of sp³-hybridized carbons (Fsp3) is 0.200. The van der Waals surface area contributed by atoms with Gasteiger partial charge in [0.1, 0.15) is 0 Å². The van der Waals surface area contributed by atoms with E-state index in [-0.39, 0.29) is 5.41 Å². The van der Waals surface area contributed by atoms with Crippen LogP contribution >= 0.6 is 11.3 Å². The van der Waals surface area contributed by atoms with Gasteiger partial charge in [0.2, 0.25) is 0 Å². The molecule has 1 heterocycles. The lowest BCUT2D eigenvalue weighted by molar-refractivity contribution is -0.0399. The van der Waals surface area contributed by atoms with Crippen LogP contribution in [0.5, 0.6) is 0 Å². The van der Waals surface area contributed by atoms with Crippen LogP contribution in [-0.4, -0.2) is 0 Å². The molecule has 0 saturated heterocycles. The van der Waals surface area contributed by atoms with Crippen molar-refractivity contribution in [1.29, 1.82) is 0 Å². The summed E-state index contributed by atoms with van der Waals surface area (Å²) in [6.45, 7) is 0. The van der Waals surface area contributed by atoms with Crippen molar-refractivity contribution in [1.82, 2.24) is 0 Å². The van der Waals surface area contributed by atoms with Crippen LogP contribution < -0.4 is 4.90 Å². The highest BCUT2D eigenvalue weighted by Gasteiger charge is 2.61. The molecule has 250 valence electrons. The Kier molecular flexibility index (Phi) is 6.17. The van der Waals surface area contributed by atoms with Crippen LogP contribution in [0.4, 0.5) is 17.1 Å². The zero-order valence-electron chi connectivity index (χ0n) is 29.1. The number of benzene rings is 7. The summed E-state index contributed by atoms with van der Waals surface area (Å²) in [6, 6.07) is 57.6. The average Bonchev–Trinajstić information content (AvgIpc) is 3.71. The zero-order valence-corrected chi connectivity index (χ0v) is 30.0. The standard InChI is InChI=1S/C50H39NS/c1-2-11-39-33(9-1)10-7-17-47(39)51(37-21-19-34(20-22-37)40-14-8-15-44-43-13-4-6-18-48(43)52-49(40)44)38-23-24-42-41-12-3-5-16-45(41)50(46(42)30-38)35-26-31-25-32(28-35)29-36(50)27-31/h1-24,30-32,35-36H,25-29H2. The Morgan fingerprint density at radius 2 is 1.12 bits per heavy atom. The molecule has 0 radical (unpaired) electrons. The van der Waals surface area contributed by atoms with Crippen molar-refractivity contribution in [2.75, 3.05) is 4.90 Å². The smallest absolute Gasteiger partial charge is 0.0540 e. The Balaban J connectivity index is 1.04. The maximum atomic E-state index is 2.63. The van der Waals surface area contributed by atoms with Gasteiger partial charge in [-0.3, -0.25) is 0 Å². The van der Waals surface area contributed by atoms with Gasteiger partial charge in [-0.15, -0.1) is 11.3 Å². The number of fused-ring (bicyclic) bond motifs is 7. The van der Waals surface area contributed by atoms with E-state index >= 15 is 0 Å². The second-order valence-corrected chi connectivity index (χ2v) is 17.2. The molecule has 0 N–H and O–H groups in total. The van der Waals surface area contributed by atoms with Gasteiger partial charge in [0.15, 0.2) is 0 Å². The van der Waals surface area contributed by atoms with Gasteiger partial charge >= 0.3 is 0 Å². The normalized spacial score (nSPS) is 23.8. The molecular weight excluding hydrogens is 647 g/mol. The molecule has 4 fully saturated rings. The molecule has 1 nitrogen and oxygen atoms in total. The van der Waals surface area contributed by atoms with E-state index in [2.05, 4.69) is 157 Å². The van der Waals surface area contributed by atoms with E-state index in [1.165, 1.54) is 102 Å². The number of hydrogen-bond acceptors (Lipinski definition) is 2. The van der Waals surface area contributed by atoms with E-state index in [1.54, 1.807) is 11.1 Å². The number of rotatable bonds is 4. The Morgan fingerprint density at radius 1 is 0.481 bits per heavy atom. The first-order valence-electron chi connectivity index (χ1n) is 19.3. The largest absolute Gasteiger partial charge is 0.310 e. The van der Waals surface area contributed by atoms with Crippen molar-refractivity contribution < 1.29 is 0 Å². The molecule has 0 atom stereocenters. The van der Waals surface area contributed by atoms with Crippen molar-refractivity contribution >= 4 is 59.3 Å². The third-order valence-electron chi connectivity index (χ3n) is 13.6. The lowest BCUT2D eigenvalue weighted by Crippen LogP contribution is -2.55. The number of thiophene rings is 1. The van der Waals surface area contributed by atoms with Gasteiger partial charge in [0, 0.05) is 42.3 Å². The van der Waals surface area contributed by atoms with Crippen molar-refractivity contribution in [2.45, 2.75) is 37.5 Å². The van der Waals surface area contributed by atoms with E-state index in [9.17, 15) is 0 Å². The molecule has 52 heavy (non-hydrogen) atoms. The molecular formula is C50H39NS. The van der Waals surface area contributed by atoms with Crippen LogP contribution in [0.1, 0.15) is 43.2 Å². The van der Waals surface area contributed by atoms with E-state index < -0.39 is 0 Å². The fourth-order valence-corrected chi connectivity index (χ4v) is 13.1. The third-order valence-corrected chi connectivity index (χ3v) is 14.9. The minimum Gasteiger partial charge on any atom is -0.310 e. The van der Waals surface area contributed by atoms with E-state index in [1.807, 2.05) is 11.3 Å². The van der Waals surface area contributed by atoms with Crippen LogP contribution in [0.25, 0.3) is 53.2 Å². The van der Waals surface area contributed by atoms with Gasteiger partial charge in [-0.25, -0.2) is 0 Å². The Hall–Kier alpha value is -5.18. The van der Waals surface area contributed by atoms with Crippen LogP contribution in [-0.2, 0) is 5.41 Å². The van der Waals surface area contributed by atoms with E-state index in [4.69, 9.17) is 0 Å². The summed E-state index contributed by atoms with van der Waals surface area (Å²) < 4.78 is 2.71. The minimum atomic E-state index is 0.132. The molecule has 0 aliphatic heterocycles. The molecule has 13 rings (SSSR count). The molecule has 2 heteroatoms. The highest BCUT2D eigenvalue weighted by atomic mass is 32.1. The lowest BCUT2D eigenvalue weighted by atomic mass is 9.43.